The number of nitrogens with zero attached hydrogens (tertiary/aromatic N) is 5. The molecule has 1 saturated heterocycles. The average molecular weight is 517 g/mol. The van der Waals surface area contributed by atoms with E-state index >= 15 is 0 Å². The largest absolute Gasteiger partial charge is 0.437 e. The molecule has 1 aliphatic rings. The van der Waals surface area contributed by atoms with Crippen molar-refractivity contribution in [2.24, 2.45) is 0 Å². The van der Waals surface area contributed by atoms with Crippen LogP contribution in [0.5, 0.6) is 11.6 Å². The Hall–Kier alpha value is -3.46. The van der Waals surface area contributed by atoms with Crippen molar-refractivity contribution in [2.75, 3.05) is 18.0 Å². The van der Waals surface area contributed by atoms with E-state index in [1.165, 1.54) is 0 Å². The number of anilines is 1. The van der Waals surface area contributed by atoms with Crippen molar-refractivity contribution >= 4 is 21.9 Å². The lowest BCUT2D eigenvalue weighted by Crippen LogP contribution is -2.43. The molecule has 0 saturated carbocycles. The van der Waals surface area contributed by atoms with Gasteiger partial charge in [-0.25, -0.2) is 4.98 Å². The zero-order valence-electron chi connectivity index (χ0n) is 19.2. The molecule has 34 heavy (non-hydrogen) atoms. The summed E-state index contributed by atoms with van der Waals surface area (Å²) in [5.74, 6) is 1.71. The molecule has 0 unspecified atom stereocenters. The van der Waals surface area contributed by atoms with Crippen LogP contribution in [0.3, 0.4) is 0 Å². The fraction of sp³-hybridized carbons (Fsp3) is 0.308. The van der Waals surface area contributed by atoms with E-state index in [0.29, 0.717) is 39.7 Å². The number of benzene rings is 2. The van der Waals surface area contributed by atoms with Crippen molar-refractivity contribution in [1.82, 2.24) is 15.3 Å². The number of aromatic nitrogens is 2. The Morgan fingerprint density at radius 3 is 2.32 bits per heavy atom. The first-order valence-electron chi connectivity index (χ1n) is 11.2. The third-order valence-corrected chi connectivity index (χ3v) is 6.47. The van der Waals surface area contributed by atoms with E-state index in [1.807, 2.05) is 50.2 Å². The first-order valence-corrected chi connectivity index (χ1v) is 12.0. The Bertz CT molecular complexity index is 1230. The monoisotopic (exact) mass is 516 g/mol. The molecule has 0 bridgehead atoms. The highest BCUT2D eigenvalue weighted by atomic mass is 79.9. The van der Waals surface area contributed by atoms with Gasteiger partial charge in [0.15, 0.2) is 0 Å². The van der Waals surface area contributed by atoms with Gasteiger partial charge in [-0.1, -0.05) is 12.1 Å². The van der Waals surface area contributed by atoms with Crippen LogP contribution in [-0.2, 0) is 6.54 Å². The Morgan fingerprint density at radius 1 is 1.06 bits per heavy atom. The highest BCUT2D eigenvalue weighted by Crippen LogP contribution is 2.34. The van der Waals surface area contributed by atoms with Crippen LogP contribution in [0.4, 0.5) is 5.95 Å². The number of rotatable bonds is 6. The summed E-state index contributed by atoms with van der Waals surface area (Å²) in [6.07, 6.45) is 3.69. The van der Waals surface area contributed by atoms with Crippen molar-refractivity contribution in [1.29, 1.82) is 10.5 Å². The SMILES string of the molecule is Cc1cc(C#N)cc(C)c1Oc1nc(N(Cc2ccc(C#N)cc2)C2CCNCC2)ncc1Br. The quantitative estimate of drug-likeness (QED) is 0.483. The summed E-state index contributed by atoms with van der Waals surface area (Å²) in [5.41, 5.74) is 4.07. The molecule has 172 valence electrons. The Kier molecular flexibility index (Phi) is 7.42. The lowest BCUT2D eigenvalue weighted by Gasteiger charge is -2.35. The maximum atomic E-state index is 9.24. The second-order valence-corrected chi connectivity index (χ2v) is 9.25. The molecule has 2 heterocycles. The third kappa shape index (κ3) is 5.36. The van der Waals surface area contributed by atoms with Crippen LogP contribution in [0, 0.1) is 36.5 Å². The molecular formula is C26H25BrN6O. The van der Waals surface area contributed by atoms with E-state index in [-0.39, 0.29) is 6.04 Å². The predicted molar refractivity (Wildman–Crippen MR) is 134 cm³/mol. The number of hydrogen-bond donors (Lipinski definition) is 1. The molecule has 1 fully saturated rings. The highest BCUT2D eigenvalue weighted by molar-refractivity contribution is 9.10. The van der Waals surface area contributed by atoms with Crippen molar-refractivity contribution in [2.45, 2.75) is 39.3 Å². The molecule has 0 amide bonds. The normalized spacial score (nSPS) is 13.7. The summed E-state index contributed by atoms with van der Waals surface area (Å²) in [6.45, 7) is 6.36. The number of aryl methyl sites for hydroxylation is 2. The Balaban J connectivity index is 1.67. The summed E-state index contributed by atoms with van der Waals surface area (Å²) < 4.78 is 6.90. The van der Waals surface area contributed by atoms with Crippen LogP contribution < -0.4 is 15.0 Å². The molecule has 2 aromatic carbocycles. The summed E-state index contributed by atoms with van der Waals surface area (Å²) >= 11 is 3.53. The number of piperidine rings is 1. The molecular weight excluding hydrogens is 492 g/mol. The lowest BCUT2D eigenvalue weighted by molar-refractivity contribution is 0.417. The number of halogens is 1. The van der Waals surface area contributed by atoms with Crippen LogP contribution in [0.2, 0.25) is 0 Å². The van der Waals surface area contributed by atoms with Crippen molar-refractivity contribution in [3.8, 4) is 23.8 Å². The fourth-order valence-corrected chi connectivity index (χ4v) is 4.46. The zero-order chi connectivity index (χ0) is 24.1. The maximum absolute atomic E-state index is 9.24. The van der Waals surface area contributed by atoms with Gasteiger partial charge in [0, 0.05) is 12.6 Å². The Labute approximate surface area is 208 Å². The van der Waals surface area contributed by atoms with Gasteiger partial charge in [-0.15, -0.1) is 0 Å². The second kappa shape index (κ2) is 10.6. The van der Waals surface area contributed by atoms with E-state index in [4.69, 9.17) is 15.0 Å². The fourth-order valence-electron chi connectivity index (χ4n) is 4.19. The van der Waals surface area contributed by atoms with Crippen molar-refractivity contribution < 1.29 is 4.74 Å². The van der Waals surface area contributed by atoms with E-state index in [9.17, 15) is 5.26 Å². The van der Waals surface area contributed by atoms with Crippen LogP contribution in [-0.4, -0.2) is 29.1 Å². The molecule has 4 rings (SSSR count). The topological polar surface area (TPSA) is 97.9 Å². The molecule has 1 aliphatic heterocycles. The first kappa shape index (κ1) is 23.7. The first-order chi connectivity index (χ1) is 16.5. The predicted octanol–water partition coefficient (Wildman–Crippen LogP) is 5.15. The zero-order valence-corrected chi connectivity index (χ0v) is 20.8. The minimum Gasteiger partial charge on any atom is -0.437 e. The van der Waals surface area contributed by atoms with Gasteiger partial charge >= 0.3 is 0 Å². The second-order valence-electron chi connectivity index (χ2n) is 8.39. The summed E-state index contributed by atoms with van der Waals surface area (Å²) in [4.78, 5) is 11.7. The van der Waals surface area contributed by atoms with Crippen LogP contribution in [0.1, 0.15) is 40.7 Å². The van der Waals surface area contributed by atoms with E-state index in [1.54, 1.807) is 6.20 Å². The van der Waals surface area contributed by atoms with Crippen LogP contribution in [0.15, 0.2) is 47.1 Å². The lowest BCUT2D eigenvalue weighted by atomic mass is 10.0. The number of nitriles is 2. The molecule has 1 aromatic heterocycles. The molecule has 0 spiro atoms. The molecule has 0 radical (unpaired) electrons. The van der Waals surface area contributed by atoms with Gasteiger partial charge in [0.1, 0.15) is 5.75 Å². The van der Waals surface area contributed by atoms with Crippen LogP contribution in [0.25, 0.3) is 0 Å². The summed E-state index contributed by atoms with van der Waals surface area (Å²) in [6, 6.07) is 15.9. The van der Waals surface area contributed by atoms with E-state index < -0.39 is 0 Å². The molecule has 0 atom stereocenters. The number of hydrogen-bond acceptors (Lipinski definition) is 7. The summed E-state index contributed by atoms with van der Waals surface area (Å²) in [5, 5.41) is 21.8. The minimum absolute atomic E-state index is 0.282. The number of nitrogens with one attached hydrogen (secondary N) is 1. The van der Waals surface area contributed by atoms with E-state index in [2.05, 4.69) is 43.3 Å². The number of ether oxygens (including phenoxy) is 1. The highest BCUT2D eigenvalue weighted by Gasteiger charge is 2.25. The van der Waals surface area contributed by atoms with E-state index in [0.717, 1.165) is 42.6 Å². The molecule has 8 heteroatoms. The third-order valence-electron chi connectivity index (χ3n) is 5.93. The maximum Gasteiger partial charge on any atom is 0.238 e. The molecule has 7 nitrogen and oxygen atoms in total. The Morgan fingerprint density at radius 2 is 1.71 bits per heavy atom. The van der Waals surface area contributed by atoms with Gasteiger partial charge in [0.25, 0.3) is 0 Å². The van der Waals surface area contributed by atoms with Crippen molar-refractivity contribution in [3.05, 3.63) is 74.9 Å². The van der Waals surface area contributed by atoms with Crippen molar-refractivity contribution in [3.63, 3.8) is 0 Å². The van der Waals surface area contributed by atoms with Gasteiger partial charge in [0.05, 0.1) is 33.9 Å². The smallest absolute Gasteiger partial charge is 0.238 e. The van der Waals surface area contributed by atoms with Gasteiger partial charge < -0.3 is 15.0 Å². The van der Waals surface area contributed by atoms with Gasteiger partial charge in [-0.2, -0.15) is 15.5 Å². The van der Waals surface area contributed by atoms with Gasteiger partial charge in [0.2, 0.25) is 11.8 Å². The standard InChI is InChI=1S/C26H25BrN6O/c1-17-11-21(14-29)12-18(2)24(17)34-25-23(27)15-31-26(32-25)33(22-7-9-30-10-8-22)16-20-5-3-19(13-28)4-6-20/h3-6,11-12,15,22,30H,7-10,16H2,1-2H3. The van der Waals surface area contributed by atoms with Gasteiger partial charge in [-0.3, -0.25) is 0 Å². The van der Waals surface area contributed by atoms with Crippen LogP contribution >= 0.6 is 15.9 Å². The average Bonchev–Trinajstić information content (AvgIpc) is 2.86. The molecule has 3 aromatic rings. The van der Waals surface area contributed by atoms with Gasteiger partial charge in [-0.05, 0) is 96.7 Å². The molecule has 0 aliphatic carbocycles. The minimum atomic E-state index is 0.282. The summed E-state index contributed by atoms with van der Waals surface area (Å²) in [7, 11) is 0. The molecule has 1 N–H and O–H groups in total.